The van der Waals surface area contributed by atoms with Crippen LogP contribution < -0.4 is 5.32 Å². The highest BCUT2D eigenvalue weighted by molar-refractivity contribution is 6.04. The molecular formula is C22H27N5O. The Morgan fingerprint density at radius 2 is 1.89 bits per heavy atom. The Hall–Kier alpha value is -2.70. The van der Waals surface area contributed by atoms with Crippen LogP contribution in [0.5, 0.6) is 0 Å². The van der Waals surface area contributed by atoms with E-state index < -0.39 is 0 Å². The lowest BCUT2D eigenvalue weighted by Crippen LogP contribution is -2.43. The highest BCUT2D eigenvalue weighted by Crippen LogP contribution is 2.22. The van der Waals surface area contributed by atoms with Crippen LogP contribution in [0.4, 0.5) is 0 Å². The molecule has 0 aliphatic carbocycles. The summed E-state index contributed by atoms with van der Waals surface area (Å²) in [6, 6.07) is 18.3. The summed E-state index contributed by atoms with van der Waals surface area (Å²) in [6.45, 7) is 3.67. The van der Waals surface area contributed by atoms with Gasteiger partial charge in [-0.15, -0.1) is 0 Å². The van der Waals surface area contributed by atoms with Gasteiger partial charge in [0.1, 0.15) is 0 Å². The number of para-hydroxylation sites is 1. The first-order chi connectivity index (χ1) is 13.6. The van der Waals surface area contributed by atoms with Gasteiger partial charge in [-0.1, -0.05) is 48.5 Å². The average molecular weight is 377 g/mol. The monoisotopic (exact) mass is 377 g/mol. The maximum atomic E-state index is 12.9. The molecule has 2 aromatic carbocycles. The fourth-order valence-corrected chi connectivity index (χ4v) is 4.12. The van der Waals surface area contributed by atoms with Gasteiger partial charge in [-0.2, -0.15) is 5.10 Å². The zero-order valence-corrected chi connectivity index (χ0v) is 16.4. The van der Waals surface area contributed by atoms with E-state index in [4.69, 9.17) is 0 Å². The third-order valence-electron chi connectivity index (χ3n) is 5.37. The number of carbonyl (C=O) groups is 1. The normalized spacial score (nSPS) is 20.1. The number of likely N-dealkylation sites (tertiary alicyclic amines) is 1. The minimum absolute atomic E-state index is 0.104. The number of carbonyl (C=O) groups excluding carboxylic acids is 1. The number of rotatable bonds is 6. The fourth-order valence-electron chi connectivity index (χ4n) is 4.12. The molecule has 0 radical (unpaired) electrons. The Labute approximate surface area is 165 Å². The van der Waals surface area contributed by atoms with E-state index >= 15 is 0 Å². The summed E-state index contributed by atoms with van der Waals surface area (Å²) in [7, 11) is 4.17. The van der Waals surface area contributed by atoms with Gasteiger partial charge in [-0.3, -0.25) is 14.8 Å². The van der Waals surface area contributed by atoms with Gasteiger partial charge in [0.2, 0.25) is 0 Å². The number of aromatic amines is 1. The quantitative estimate of drug-likeness (QED) is 0.692. The Morgan fingerprint density at radius 3 is 2.68 bits per heavy atom. The molecule has 28 heavy (non-hydrogen) atoms. The molecule has 1 saturated heterocycles. The van der Waals surface area contributed by atoms with E-state index in [-0.39, 0.29) is 11.9 Å². The first kappa shape index (κ1) is 18.7. The van der Waals surface area contributed by atoms with Crippen LogP contribution in [-0.4, -0.2) is 65.7 Å². The standard InChI is InChI=1S/C22H27N5O/c1-26(2)13-17-14-27(12-16-8-4-3-5-9-16)15-20(17)23-22(28)21-18-10-6-7-11-19(18)24-25-21/h3-11,17,20H,12-15H2,1-2H3,(H,23,28)(H,24,25)/t17-,20-/m1/s1. The average Bonchev–Trinajstić information content (AvgIpc) is 3.26. The van der Waals surface area contributed by atoms with Crippen molar-refractivity contribution in [3.8, 4) is 0 Å². The molecule has 2 heterocycles. The number of benzene rings is 2. The van der Waals surface area contributed by atoms with Crippen LogP contribution in [0.25, 0.3) is 10.9 Å². The summed E-state index contributed by atoms with van der Waals surface area (Å²) in [4.78, 5) is 17.6. The van der Waals surface area contributed by atoms with Crippen LogP contribution in [0.1, 0.15) is 16.1 Å². The summed E-state index contributed by atoms with van der Waals surface area (Å²) < 4.78 is 0. The third-order valence-corrected chi connectivity index (χ3v) is 5.37. The van der Waals surface area contributed by atoms with Crippen molar-refractivity contribution >= 4 is 16.8 Å². The van der Waals surface area contributed by atoms with Crippen LogP contribution in [0.15, 0.2) is 54.6 Å². The predicted molar refractivity (Wildman–Crippen MR) is 111 cm³/mol. The molecule has 6 heteroatoms. The maximum absolute atomic E-state index is 12.9. The maximum Gasteiger partial charge on any atom is 0.272 e. The van der Waals surface area contributed by atoms with E-state index in [9.17, 15) is 4.79 Å². The number of aromatic nitrogens is 2. The second-order valence-corrected chi connectivity index (χ2v) is 7.90. The molecule has 0 spiro atoms. The van der Waals surface area contributed by atoms with Gasteiger partial charge < -0.3 is 10.2 Å². The highest BCUT2D eigenvalue weighted by Gasteiger charge is 2.34. The van der Waals surface area contributed by atoms with Crippen LogP contribution >= 0.6 is 0 Å². The summed E-state index contributed by atoms with van der Waals surface area (Å²) in [6.07, 6.45) is 0. The summed E-state index contributed by atoms with van der Waals surface area (Å²) >= 11 is 0. The zero-order chi connectivity index (χ0) is 19.5. The Morgan fingerprint density at radius 1 is 1.14 bits per heavy atom. The molecular weight excluding hydrogens is 350 g/mol. The number of hydrogen-bond donors (Lipinski definition) is 2. The van der Waals surface area contributed by atoms with Crippen molar-refractivity contribution in [2.24, 2.45) is 5.92 Å². The summed E-state index contributed by atoms with van der Waals surface area (Å²) in [5, 5.41) is 11.3. The molecule has 1 aromatic heterocycles. The van der Waals surface area contributed by atoms with Crippen LogP contribution in [-0.2, 0) is 6.54 Å². The molecule has 6 nitrogen and oxygen atoms in total. The molecule has 0 bridgehead atoms. The van der Waals surface area contributed by atoms with E-state index in [1.807, 2.05) is 30.3 Å². The highest BCUT2D eigenvalue weighted by atomic mass is 16.2. The largest absolute Gasteiger partial charge is 0.346 e. The number of fused-ring (bicyclic) bond motifs is 1. The smallest absolute Gasteiger partial charge is 0.272 e. The van der Waals surface area contributed by atoms with Gasteiger partial charge in [0.05, 0.1) is 5.52 Å². The van der Waals surface area contributed by atoms with E-state index in [2.05, 4.69) is 63.7 Å². The van der Waals surface area contributed by atoms with Crippen molar-refractivity contribution in [1.82, 2.24) is 25.3 Å². The van der Waals surface area contributed by atoms with Crippen LogP contribution in [0.3, 0.4) is 0 Å². The number of amides is 1. The Bertz CT molecular complexity index is 936. The zero-order valence-electron chi connectivity index (χ0n) is 16.4. The molecule has 2 N–H and O–H groups in total. The topological polar surface area (TPSA) is 64.3 Å². The molecule has 0 saturated carbocycles. The molecule has 1 aliphatic rings. The van der Waals surface area contributed by atoms with Gasteiger partial charge in [-0.05, 0) is 25.7 Å². The van der Waals surface area contributed by atoms with Gasteiger partial charge in [0.25, 0.3) is 5.91 Å². The molecule has 2 atom stereocenters. The van der Waals surface area contributed by atoms with Crippen molar-refractivity contribution in [1.29, 1.82) is 0 Å². The van der Waals surface area contributed by atoms with Gasteiger partial charge in [0.15, 0.2) is 5.69 Å². The molecule has 146 valence electrons. The molecule has 4 rings (SSSR count). The molecule has 1 fully saturated rings. The predicted octanol–water partition coefficient (Wildman–Crippen LogP) is 2.35. The van der Waals surface area contributed by atoms with Crippen LogP contribution in [0, 0.1) is 5.92 Å². The lowest BCUT2D eigenvalue weighted by atomic mass is 10.0. The van der Waals surface area contributed by atoms with Crippen molar-refractivity contribution in [3.05, 3.63) is 65.9 Å². The number of nitrogens with zero attached hydrogens (tertiary/aromatic N) is 3. The van der Waals surface area contributed by atoms with E-state index in [1.165, 1.54) is 5.56 Å². The minimum Gasteiger partial charge on any atom is -0.346 e. The van der Waals surface area contributed by atoms with E-state index in [0.29, 0.717) is 11.6 Å². The van der Waals surface area contributed by atoms with E-state index in [1.54, 1.807) is 0 Å². The molecule has 0 unspecified atom stereocenters. The lowest BCUT2D eigenvalue weighted by Gasteiger charge is -2.22. The van der Waals surface area contributed by atoms with Crippen molar-refractivity contribution in [2.75, 3.05) is 33.7 Å². The third kappa shape index (κ3) is 4.08. The van der Waals surface area contributed by atoms with Crippen LogP contribution in [0.2, 0.25) is 0 Å². The molecule has 1 amide bonds. The fraction of sp³-hybridized carbons (Fsp3) is 0.364. The van der Waals surface area contributed by atoms with E-state index in [0.717, 1.165) is 37.1 Å². The number of hydrogen-bond acceptors (Lipinski definition) is 4. The van der Waals surface area contributed by atoms with Gasteiger partial charge in [-0.25, -0.2) is 0 Å². The summed E-state index contributed by atoms with van der Waals surface area (Å²) in [5.74, 6) is 0.278. The number of H-pyrrole nitrogens is 1. The summed E-state index contributed by atoms with van der Waals surface area (Å²) in [5.41, 5.74) is 2.66. The van der Waals surface area contributed by atoms with Gasteiger partial charge >= 0.3 is 0 Å². The Kier molecular flexibility index (Phi) is 5.41. The first-order valence-electron chi connectivity index (χ1n) is 9.75. The van der Waals surface area contributed by atoms with Crippen molar-refractivity contribution < 1.29 is 4.79 Å². The first-order valence-corrected chi connectivity index (χ1v) is 9.75. The van der Waals surface area contributed by atoms with Gasteiger partial charge in [0, 0.05) is 43.5 Å². The Balaban J connectivity index is 1.48. The second-order valence-electron chi connectivity index (χ2n) is 7.90. The van der Waals surface area contributed by atoms with Crippen molar-refractivity contribution in [3.63, 3.8) is 0 Å². The molecule has 1 aliphatic heterocycles. The van der Waals surface area contributed by atoms with Crippen molar-refractivity contribution in [2.45, 2.75) is 12.6 Å². The lowest BCUT2D eigenvalue weighted by molar-refractivity contribution is 0.0923. The minimum atomic E-state index is -0.104. The number of nitrogens with one attached hydrogen (secondary N) is 2. The SMILES string of the molecule is CN(C)C[C@@H]1CN(Cc2ccccc2)C[C@H]1NC(=O)c1n[nH]c2ccccc12. The second kappa shape index (κ2) is 8.12. The molecule has 3 aromatic rings.